The molecule has 1 amide bonds. The van der Waals surface area contributed by atoms with E-state index in [0.717, 1.165) is 60.4 Å². The zero-order valence-corrected chi connectivity index (χ0v) is 17.4. The van der Waals surface area contributed by atoms with Crippen molar-refractivity contribution in [1.82, 2.24) is 24.6 Å². The average Bonchev–Trinajstić information content (AvgIpc) is 2.78. The predicted molar refractivity (Wildman–Crippen MR) is 105 cm³/mol. The summed E-state index contributed by atoms with van der Waals surface area (Å²) in [6, 6.07) is 1.95. The Balaban J connectivity index is 1.58. The molecule has 0 aromatic carbocycles. The molecule has 2 aromatic rings. The van der Waals surface area contributed by atoms with Gasteiger partial charge in [-0.05, 0) is 40.9 Å². The van der Waals surface area contributed by atoms with Crippen LogP contribution in [0.25, 0.3) is 0 Å². The molecule has 0 radical (unpaired) electrons. The van der Waals surface area contributed by atoms with Crippen LogP contribution in [-0.2, 0) is 24.8 Å². The number of carbonyl (C=O) groups excluding carboxylic acids is 1. The molecule has 0 saturated carbocycles. The van der Waals surface area contributed by atoms with Crippen molar-refractivity contribution >= 4 is 33.4 Å². The van der Waals surface area contributed by atoms with E-state index in [4.69, 9.17) is 11.6 Å². The lowest BCUT2D eigenvalue weighted by molar-refractivity contribution is -0.130. The summed E-state index contributed by atoms with van der Waals surface area (Å²) < 4.78 is 2.61. The Bertz CT molecular complexity index is 794. The Morgan fingerprint density at radius 1 is 1.27 bits per heavy atom. The first-order valence-electron chi connectivity index (χ1n) is 8.71. The van der Waals surface area contributed by atoms with Gasteiger partial charge in [0, 0.05) is 62.2 Å². The lowest BCUT2D eigenvalue weighted by Gasteiger charge is -2.22. The average molecular weight is 441 g/mol. The van der Waals surface area contributed by atoms with Gasteiger partial charge in [-0.15, -0.1) is 0 Å². The van der Waals surface area contributed by atoms with Gasteiger partial charge in [0.1, 0.15) is 5.15 Å². The van der Waals surface area contributed by atoms with Gasteiger partial charge in [-0.25, -0.2) is 0 Å². The molecule has 26 heavy (non-hydrogen) atoms. The predicted octanol–water partition coefficient (Wildman–Crippen LogP) is 2.82. The Morgan fingerprint density at radius 2 is 2.08 bits per heavy atom. The first-order valence-corrected chi connectivity index (χ1v) is 9.88. The van der Waals surface area contributed by atoms with Crippen molar-refractivity contribution in [2.45, 2.75) is 26.3 Å². The smallest absolute Gasteiger partial charge is 0.227 e. The van der Waals surface area contributed by atoms with Gasteiger partial charge in [0.05, 0.1) is 12.1 Å². The van der Waals surface area contributed by atoms with E-state index in [1.54, 1.807) is 17.1 Å². The SMILES string of the molecule is Cc1nn(C)c(Cl)c1CN1CCCN(C(=O)Cc2cncc(Br)c2)CC1. The molecule has 0 bridgehead atoms. The highest BCUT2D eigenvalue weighted by Gasteiger charge is 2.21. The topological polar surface area (TPSA) is 54.3 Å². The summed E-state index contributed by atoms with van der Waals surface area (Å²) in [5.41, 5.74) is 2.98. The highest BCUT2D eigenvalue weighted by atomic mass is 79.9. The molecule has 140 valence electrons. The summed E-state index contributed by atoms with van der Waals surface area (Å²) in [4.78, 5) is 21.1. The largest absolute Gasteiger partial charge is 0.341 e. The molecule has 0 unspecified atom stereocenters. The number of halogens is 2. The van der Waals surface area contributed by atoms with Gasteiger partial charge in [0.15, 0.2) is 0 Å². The normalized spacial score (nSPS) is 15.9. The van der Waals surface area contributed by atoms with E-state index in [0.29, 0.717) is 11.6 Å². The minimum atomic E-state index is 0.155. The summed E-state index contributed by atoms with van der Waals surface area (Å²) in [7, 11) is 1.86. The second-order valence-electron chi connectivity index (χ2n) is 6.68. The summed E-state index contributed by atoms with van der Waals surface area (Å²) >= 11 is 9.76. The number of hydrogen-bond acceptors (Lipinski definition) is 4. The molecule has 3 rings (SSSR count). The number of pyridine rings is 1. The number of rotatable bonds is 4. The maximum absolute atomic E-state index is 12.6. The van der Waals surface area contributed by atoms with Crippen LogP contribution in [0.5, 0.6) is 0 Å². The van der Waals surface area contributed by atoms with Crippen molar-refractivity contribution in [3.8, 4) is 0 Å². The van der Waals surface area contributed by atoms with Crippen LogP contribution in [0.2, 0.25) is 5.15 Å². The fourth-order valence-electron chi connectivity index (χ4n) is 3.29. The van der Waals surface area contributed by atoms with E-state index < -0.39 is 0 Å². The molecule has 3 heterocycles. The molecule has 0 spiro atoms. The minimum Gasteiger partial charge on any atom is -0.341 e. The van der Waals surface area contributed by atoms with Crippen molar-refractivity contribution in [2.75, 3.05) is 26.2 Å². The molecule has 0 N–H and O–H groups in total. The number of hydrogen-bond donors (Lipinski definition) is 0. The molecule has 0 aliphatic carbocycles. The van der Waals surface area contributed by atoms with Crippen molar-refractivity contribution in [3.63, 3.8) is 0 Å². The molecular weight excluding hydrogens is 418 g/mol. The van der Waals surface area contributed by atoms with Crippen LogP contribution in [0.15, 0.2) is 22.9 Å². The Hall–Kier alpha value is -1.44. The van der Waals surface area contributed by atoms with Gasteiger partial charge in [-0.1, -0.05) is 11.6 Å². The van der Waals surface area contributed by atoms with Crippen LogP contribution in [-0.4, -0.2) is 56.7 Å². The third-order valence-electron chi connectivity index (χ3n) is 4.71. The number of amides is 1. The van der Waals surface area contributed by atoms with E-state index >= 15 is 0 Å². The molecule has 1 aliphatic heterocycles. The number of carbonyl (C=O) groups is 1. The standard InChI is InChI=1S/C18H23BrClN5O/c1-13-16(18(20)23(2)22-13)12-24-4-3-5-25(7-6-24)17(26)9-14-8-15(19)11-21-10-14/h8,10-11H,3-7,9,12H2,1-2H3. The second kappa shape index (κ2) is 8.50. The van der Waals surface area contributed by atoms with Gasteiger partial charge < -0.3 is 4.90 Å². The van der Waals surface area contributed by atoms with E-state index in [9.17, 15) is 4.79 Å². The summed E-state index contributed by atoms with van der Waals surface area (Å²) in [5.74, 6) is 0.155. The van der Waals surface area contributed by atoms with Crippen LogP contribution in [0.3, 0.4) is 0 Å². The lowest BCUT2D eigenvalue weighted by Crippen LogP contribution is -2.36. The fourth-order valence-corrected chi connectivity index (χ4v) is 3.94. The highest BCUT2D eigenvalue weighted by Crippen LogP contribution is 2.21. The maximum atomic E-state index is 12.6. The number of nitrogens with zero attached hydrogens (tertiary/aromatic N) is 5. The molecule has 2 aromatic heterocycles. The minimum absolute atomic E-state index is 0.155. The van der Waals surface area contributed by atoms with Crippen LogP contribution in [0.1, 0.15) is 23.2 Å². The first kappa shape index (κ1) is 19.3. The fraction of sp³-hybridized carbons (Fsp3) is 0.500. The zero-order chi connectivity index (χ0) is 18.7. The van der Waals surface area contributed by atoms with E-state index in [-0.39, 0.29) is 5.91 Å². The van der Waals surface area contributed by atoms with Gasteiger partial charge in [0.25, 0.3) is 0 Å². The highest BCUT2D eigenvalue weighted by molar-refractivity contribution is 9.10. The van der Waals surface area contributed by atoms with Crippen molar-refractivity contribution in [2.24, 2.45) is 7.05 Å². The van der Waals surface area contributed by atoms with Crippen molar-refractivity contribution < 1.29 is 4.79 Å². The third-order valence-corrected chi connectivity index (χ3v) is 5.62. The molecule has 6 nitrogen and oxygen atoms in total. The first-order chi connectivity index (χ1) is 12.4. The van der Waals surface area contributed by atoms with Gasteiger partial charge in [0.2, 0.25) is 5.91 Å². The van der Waals surface area contributed by atoms with Crippen LogP contribution < -0.4 is 0 Å². The van der Waals surface area contributed by atoms with E-state index in [2.05, 4.69) is 30.9 Å². The molecule has 8 heteroatoms. The lowest BCUT2D eigenvalue weighted by atomic mass is 10.2. The quantitative estimate of drug-likeness (QED) is 0.734. The van der Waals surface area contributed by atoms with Crippen molar-refractivity contribution in [1.29, 1.82) is 0 Å². The van der Waals surface area contributed by atoms with E-state index in [1.165, 1.54) is 0 Å². The van der Waals surface area contributed by atoms with Crippen molar-refractivity contribution in [3.05, 3.63) is 44.9 Å². The Morgan fingerprint density at radius 3 is 2.77 bits per heavy atom. The van der Waals surface area contributed by atoms with Gasteiger partial charge >= 0.3 is 0 Å². The van der Waals surface area contributed by atoms with Gasteiger partial charge in [-0.2, -0.15) is 5.10 Å². The zero-order valence-electron chi connectivity index (χ0n) is 15.1. The van der Waals surface area contributed by atoms with E-state index in [1.807, 2.05) is 24.9 Å². The van der Waals surface area contributed by atoms with Crippen LogP contribution in [0.4, 0.5) is 0 Å². The molecule has 1 aliphatic rings. The Labute approximate surface area is 167 Å². The molecule has 1 fully saturated rings. The van der Waals surface area contributed by atoms with Crippen LogP contribution in [0, 0.1) is 6.92 Å². The second-order valence-corrected chi connectivity index (χ2v) is 7.95. The third kappa shape index (κ3) is 4.64. The summed E-state index contributed by atoms with van der Waals surface area (Å²) in [5, 5.41) is 5.08. The monoisotopic (exact) mass is 439 g/mol. The maximum Gasteiger partial charge on any atom is 0.227 e. The summed E-state index contributed by atoms with van der Waals surface area (Å²) in [6.45, 7) is 6.07. The molecular formula is C18H23BrClN5O. The summed E-state index contributed by atoms with van der Waals surface area (Å²) in [6.07, 6.45) is 4.82. The number of aromatic nitrogens is 3. The van der Waals surface area contributed by atoms with Crippen LogP contribution >= 0.6 is 27.5 Å². The number of aryl methyl sites for hydroxylation is 2. The molecule has 1 saturated heterocycles. The Kier molecular flexibility index (Phi) is 6.32. The van der Waals surface area contributed by atoms with Gasteiger partial charge in [-0.3, -0.25) is 19.4 Å². The molecule has 0 atom stereocenters.